The summed E-state index contributed by atoms with van der Waals surface area (Å²) in [5, 5.41) is 6.66. The van der Waals surface area contributed by atoms with Crippen molar-refractivity contribution in [3.8, 4) is 5.75 Å². The Labute approximate surface area is 115 Å². The van der Waals surface area contributed by atoms with Crippen LogP contribution in [0.15, 0.2) is 36.5 Å². The molecule has 1 aromatic heterocycles. The Hall–Kier alpha value is -1.82. The lowest BCUT2D eigenvalue weighted by atomic mass is 10.2. The van der Waals surface area contributed by atoms with Crippen LogP contribution in [0.3, 0.4) is 0 Å². The molecule has 0 aliphatic rings. The molecule has 104 valence electrons. The normalized spacial score (nSPS) is 10.1. The lowest BCUT2D eigenvalue weighted by Gasteiger charge is -2.04. The molecule has 1 aromatic carbocycles. The number of nitrogens with zero attached hydrogens (tertiary/aromatic N) is 2. The van der Waals surface area contributed by atoms with Crippen molar-refractivity contribution >= 4 is 18.2 Å². The molecule has 0 bridgehead atoms. The minimum atomic E-state index is -2.61. The number of rotatable bonds is 5. The smallest absolute Gasteiger partial charge is 0.333 e. The van der Waals surface area contributed by atoms with Gasteiger partial charge in [-0.15, -0.1) is 12.4 Å². The summed E-state index contributed by atoms with van der Waals surface area (Å²) >= 11 is 0. The second-order valence-electron chi connectivity index (χ2n) is 3.66. The van der Waals surface area contributed by atoms with Gasteiger partial charge in [-0.3, -0.25) is 0 Å². The number of methoxy groups -OCH3 is 1. The van der Waals surface area contributed by atoms with Gasteiger partial charge >= 0.3 is 6.55 Å². The van der Waals surface area contributed by atoms with Gasteiger partial charge in [-0.25, -0.2) is 4.68 Å². The Kier molecular flexibility index (Phi) is 5.57. The Morgan fingerprint density at radius 3 is 2.47 bits per heavy atom. The van der Waals surface area contributed by atoms with E-state index in [0.29, 0.717) is 17.0 Å². The molecule has 1 heterocycles. The van der Waals surface area contributed by atoms with Crippen LogP contribution in [-0.2, 0) is 6.54 Å². The molecule has 0 saturated carbocycles. The summed E-state index contributed by atoms with van der Waals surface area (Å²) in [7, 11) is 1.60. The van der Waals surface area contributed by atoms with Crippen LogP contribution in [0.1, 0.15) is 12.1 Å². The van der Waals surface area contributed by atoms with Crippen LogP contribution in [0.25, 0.3) is 0 Å². The zero-order chi connectivity index (χ0) is 13.0. The Morgan fingerprint density at radius 2 is 1.95 bits per heavy atom. The van der Waals surface area contributed by atoms with Crippen molar-refractivity contribution < 1.29 is 13.5 Å². The zero-order valence-corrected chi connectivity index (χ0v) is 11.0. The second kappa shape index (κ2) is 6.94. The van der Waals surface area contributed by atoms with E-state index in [1.807, 2.05) is 24.3 Å². The third kappa shape index (κ3) is 4.10. The summed E-state index contributed by atoms with van der Waals surface area (Å²) < 4.78 is 30.2. The minimum Gasteiger partial charge on any atom is -0.497 e. The van der Waals surface area contributed by atoms with E-state index in [4.69, 9.17) is 4.74 Å². The molecule has 19 heavy (non-hydrogen) atoms. The van der Waals surface area contributed by atoms with Gasteiger partial charge in [-0.05, 0) is 17.7 Å². The first-order chi connectivity index (χ1) is 8.69. The third-order valence-electron chi connectivity index (χ3n) is 2.44. The van der Waals surface area contributed by atoms with Gasteiger partial charge in [0.05, 0.1) is 7.11 Å². The standard InChI is InChI=1S/C12H13F2N3O.ClH/c1-18-10-4-2-9(3-5-10)8-15-11-6-7-17(16-11)12(13)14;/h2-7,12H,8H2,1H3,(H,15,16);1H. The van der Waals surface area contributed by atoms with E-state index in [1.165, 1.54) is 12.3 Å². The van der Waals surface area contributed by atoms with Crippen molar-refractivity contribution in [1.82, 2.24) is 9.78 Å². The number of hydrogen-bond acceptors (Lipinski definition) is 3. The third-order valence-corrected chi connectivity index (χ3v) is 2.44. The number of hydrogen-bond donors (Lipinski definition) is 1. The maximum atomic E-state index is 12.3. The van der Waals surface area contributed by atoms with E-state index in [2.05, 4.69) is 10.4 Å². The molecule has 2 aromatic rings. The number of anilines is 1. The van der Waals surface area contributed by atoms with Crippen LogP contribution >= 0.6 is 12.4 Å². The highest BCUT2D eigenvalue weighted by Gasteiger charge is 2.06. The molecule has 0 amide bonds. The summed E-state index contributed by atoms with van der Waals surface area (Å²) in [5.74, 6) is 1.20. The van der Waals surface area contributed by atoms with Gasteiger partial charge in [-0.1, -0.05) is 12.1 Å². The fraction of sp³-hybridized carbons (Fsp3) is 0.250. The van der Waals surface area contributed by atoms with Gasteiger partial charge < -0.3 is 10.1 Å². The van der Waals surface area contributed by atoms with Crippen molar-refractivity contribution in [2.24, 2.45) is 0 Å². The topological polar surface area (TPSA) is 39.1 Å². The highest BCUT2D eigenvalue weighted by atomic mass is 35.5. The number of halogens is 3. The fourth-order valence-electron chi connectivity index (χ4n) is 1.48. The first-order valence-corrected chi connectivity index (χ1v) is 5.39. The van der Waals surface area contributed by atoms with Crippen LogP contribution in [0, 0.1) is 0 Å². The first-order valence-electron chi connectivity index (χ1n) is 5.39. The van der Waals surface area contributed by atoms with Gasteiger partial charge in [0, 0.05) is 18.8 Å². The van der Waals surface area contributed by atoms with Crippen LogP contribution < -0.4 is 10.1 Å². The van der Waals surface area contributed by atoms with Crippen LogP contribution in [0.4, 0.5) is 14.6 Å². The fourth-order valence-corrected chi connectivity index (χ4v) is 1.48. The molecule has 0 aliphatic heterocycles. The second-order valence-corrected chi connectivity index (χ2v) is 3.66. The number of benzene rings is 1. The summed E-state index contributed by atoms with van der Waals surface area (Å²) in [6.45, 7) is -2.09. The molecule has 0 aliphatic carbocycles. The molecule has 2 rings (SSSR count). The van der Waals surface area contributed by atoms with E-state index in [1.54, 1.807) is 7.11 Å². The Balaban J connectivity index is 0.00000180. The summed E-state index contributed by atoms with van der Waals surface area (Å²) in [4.78, 5) is 0. The molecule has 0 saturated heterocycles. The molecule has 0 radical (unpaired) electrons. The molecular weight excluding hydrogens is 276 g/mol. The predicted octanol–water partition coefficient (Wildman–Crippen LogP) is 3.32. The average Bonchev–Trinajstić information content (AvgIpc) is 2.86. The quantitative estimate of drug-likeness (QED) is 0.918. The van der Waals surface area contributed by atoms with E-state index < -0.39 is 6.55 Å². The van der Waals surface area contributed by atoms with E-state index >= 15 is 0 Å². The first kappa shape index (κ1) is 15.2. The lowest BCUT2D eigenvalue weighted by molar-refractivity contribution is 0.0569. The zero-order valence-electron chi connectivity index (χ0n) is 10.2. The van der Waals surface area contributed by atoms with E-state index in [0.717, 1.165) is 11.3 Å². The molecule has 0 spiro atoms. The Morgan fingerprint density at radius 1 is 1.26 bits per heavy atom. The molecular formula is C12H14ClF2N3O. The molecule has 0 fully saturated rings. The lowest BCUT2D eigenvalue weighted by Crippen LogP contribution is -2.03. The molecule has 7 heteroatoms. The maximum Gasteiger partial charge on any atom is 0.333 e. The van der Waals surface area contributed by atoms with Gasteiger partial charge in [0.15, 0.2) is 0 Å². The van der Waals surface area contributed by atoms with E-state index in [-0.39, 0.29) is 12.4 Å². The highest BCUT2D eigenvalue weighted by Crippen LogP contribution is 2.14. The molecule has 0 atom stereocenters. The summed E-state index contributed by atoms with van der Waals surface area (Å²) in [6, 6.07) is 8.99. The number of ether oxygens (including phenoxy) is 1. The van der Waals surface area contributed by atoms with Crippen molar-refractivity contribution in [3.63, 3.8) is 0 Å². The average molecular weight is 290 g/mol. The minimum absolute atomic E-state index is 0. The largest absolute Gasteiger partial charge is 0.497 e. The van der Waals surface area contributed by atoms with Crippen LogP contribution in [0.2, 0.25) is 0 Å². The van der Waals surface area contributed by atoms with Crippen LogP contribution in [0.5, 0.6) is 5.75 Å². The number of aromatic nitrogens is 2. The monoisotopic (exact) mass is 289 g/mol. The number of alkyl halides is 2. The SMILES string of the molecule is COc1ccc(CNc2ccn(C(F)F)n2)cc1.Cl. The predicted molar refractivity (Wildman–Crippen MR) is 71.0 cm³/mol. The molecule has 0 unspecified atom stereocenters. The van der Waals surface area contributed by atoms with Gasteiger partial charge in [0.2, 0.25) is 0 Å². The van der Waals surface area contributed by atoms with E-state index in [9.17, 15) is 8.78 Å². The summed E-state index contributed by atoms with van der Waals surface area (Å²) in [6.07, 6.45) is 1.24. The maximum absolute atomic E-state index is 12.3. The van der Waals surface area contributed by atoms with Crippen molar-refractivity contribution in [1.29, 1.82) is 0 Å². The number of nitrogens with one attached hydrogen (secondary N) is 1. The van der Waals surface area contributed by atoms with Gasteiger partial charge in [0.25, 0.3) is 0 Å². The molecule has 4 nitrogen and oxygen atoms in total. The van der Waals surface area contributed by atoms with Crippen molar-refractivity contribution in [2.75, 3.05) is 12.4 Å². The highest BCUT2D eigenvalue weighted by molar-refractivity contribution is 5.85. The van der Waals surface area contributed by atoms with Crippen LogP contribution in [-0.4, -0.2) is 16.9 Å². The Bertz CT molecular complexity index is 502. The van der Waals surface area contributed by atoms with Crippen molar-refractivity contribution in [2.45, 2.75) is 13.1 Å². The summed E-state index contributed by atoms with van der Waals surface area (Å²) in [5.41, 5.74) is 1.02. The van der Waals surface area contributed by atoms with Gasteiger partial charge in [-0.2, -0.15) is 13.9 Å². The molecule has 1 N–H and O–H groups in total. The van der Waals surface area contributed by atoms with Gasteiger partial charge in [0.1, 0.15) is 11.6 Å². The van der Waals surface area contributed by atoms with Crippen molar-refractivity contribution in [3.05, 3.63) is 42.1 Å².